The molecule has 0 saturated carbocycles. The van der Waals surface area contributed by atoms with Crippen LogP contribution in [0.4, 0.5) is 13.2 Å². The molecule has 0 aliphatic rings. The lowest BCUT2D eigenvalue weighted by Gasteiger charge is -2.13. The molecule has 0 atom stereocenters. The highest BCUT2D eigenvalue weighted by molar-refractivity contribution is 6.31. The van der Waals surface area contributed by atoms with Crippen LogP contribution < -0.4 is 15.4 Å². The summed E-state index contributed by atoms with van der Waals surface area (Å²) in [7, 11) is 1.62. The zero-order chi connectivity index (χ0) is 18.0. The minimum atomic E-state index is -4.49. The Balaban J connectivity index is 2.37. The molecule has 0 spiro atoms. The first-order valence-corrected chi connectivity index (χ1v) is 7.64. The molecule has 1 aromatic rings. The van der Waals surface area contributed by atoms with Gasteiger partial charge in [0.15, 0.2) is 5.96 Å². The van der Waals surface area contributed by atoms with Crippen LogP contribution in [-0.4, -0.2) is 50.9 Å². The number of nitrogens with zero attached hydrogens (tertiary/aromatic N) is 2. The topological polar surface area (TPSA) is 67.8 Å². The van der Waals surface area contributed by atoms with Gasteiger partial charge in [0.1, 0.15) is 11.6 Å². The summed E-state index contributed by atoms with van der Waals surface area (Å²) in [5, 5.41) is 5.82. The molecule has 2 N–H and O–H groups in total. The van der Waals surface area contributed by atoms with Crippen LogP contribution in [0.1, 0.15) is 12.5 Å². The lowest BCUT2D eigenvalue weighted by molar-refractivity contribution is -0.137. The van der Waals surface area contributed by atoms with Gasteiger partial charge in [-0.2, -0.15) is 13.2 Å². The Hall–Kier alpha value is -1.74. The number of aliphatic imine (C=N–C) groups is 1. The van der Waals surface area contributed by atoms with Gasteiger partial charge < -0.3 is 20.1 Å². The number of guanidine groups is 1. The van der Waals surface area contributed by atoms with Gasteiger partial charge in [0.25, 0.3) is 0 Å². The van der Waals surface area contributed by atoms with Crippen LogP contribution in [0, 0.1) is 0 Å². The summed E-state index contributed by atoms with van der Waals surface area (Å²) in [6.45, 7) is 4.23. The van der Waals surface area contributed by atoms with E-state index in [4.69, 9.17) is 21.1 Å². The molecule has 0 amide bonds. The maximum absolute atomic E-state index is 12.5. The van der Waals surface area contributed by atoms with Crippen LogP contribution in [0.2, 0.25) is 5.02 Å². The summed E-state index contributed by atoms with van der Waals surface area (Å²) in [5.41, 5.74) is -0.920. The first-order chi connectivity index (χ1) is 11.4. The van der Waals surface area contributed by atoms with Crippen LogP contribution >= 0.6 is 11.6 Å². The SMILES string of the molecule is CCOCCNC(=NC)NCCOc1ncc(C(F)(F)F)cc1Cl. The molecule has 136 valence electrons. The number of hydrogen-bond acceptors (Lipinski definition) is 4. The Labute approximate surface area is 143 Å². The van der Waals surface area contributed by atoms with Gasteiger partial charge in [-0.1, -0.05) is 11.6 Å². The molecule has 0 aromatic carbocycles. The van der Waals surface area contributed by atoms with Crippen molar-refractivity contribution in [2.24, 2.45) is 4.99 Å². The van der Waals surface area contributed by atoms with E-state index >= 15 is 0 Å². The number of hydrogen-bond donors (Lipinski definition) is 2. The number of alkyl halides is 3. The van der Waals surface area contributed by atoms with E-state index in [0.717, 1.165) is 6.07 Å². The van der Waals surface area contributed by atoms with Crippen molar-refractivity contribution in [1.82, 2.24) is 15.6 Å². The third-order valence-corrected chi connectivity index (χ3v) is 3.01. The fraction of sp³-hybridized carbons (Fsp3) is 0.571. The first-order valence-electron chi connectivity index (χ1n) is 7.26. The van der Waals surface area contributed by atoms with E-state index in [1.165, 1.54) is 0 Å². The molecule has 24 heavy (non-hydrogen) atoms. The van der Waals surface area contributed by atoms with Gasteiger partial charge in [-0.15, -0.1) is 0 Å². The van der Waals surface area contributed by atoms with E-state index in [0.29, 0.717) is 38.5 Å². The first kappa shape index (κ1) is 20.3. The molecule has 10 heteroatoms. The zero-order valence-corrected chi connectivity index (χ0v) is 14.2. The largest absolute Gasteiger partial charge is 0.475 e. The molecule has 0 radical (unpaired) electrons. The maximum Gasteiger partial charge on any atom is 0.417 e. The van der Waals surface area contributed by atoms with Crippen molar-refractivity contribution in [1.29, 1.82) is 0 Å². The molecule has 1 heterocycles. The van der Waals surface area contributed by atoms with E-state index < -0.39 is 11.7 Å². The molecule has 0 unspecified atom stereocenters. The zero-order valence-electron chi connectivity index (χ0n) is 13.4. The minimum absolute atomic E-state index is 0.0502. The lowest BCUT2D eigenvalue weighted by Crippen LogP contribution is -2.40. The third kappa shape index (κ3) is 7.22. The predicted octanol–water partition coefficient (Wildman–Crippen LogP) is 2.33. The van der Waals surface area contributed by atoms with Crippen molar-refractivity contribution < 1.29 is 22.6 Å². The average Bonchev–Trinajstić information content (AvgIpc) is 2.53. The normalized spacial score (nSPS) is 12.2. The molecular formula is C14H20ClF3N4O2. The van der Waals surface area contributed by atoms with Crippen LogP contribution in [0.15, 0.2) is 17.3 Å². The van der Waals surface area contributed by atoms with Crippen molar-refractivity contribution in [3.05, 3.63) is 22.8 Å². The average molecular weight is 369 g/mol. The predicted molar refractivity (Wildman–Crippen MR) is 85.6 cm³/mol. The maximum atomic E-state index is 12.5. The van der Waals surface area contributed by atoms with Crippen LogP contribution in [0.25, 0.3) is 0 Å². The molecule has 0 bridgehead atoms. The van der Waals surface area contributed by atoms with E-state index in [-0.39, 0.29) is 17.5 Å². The fourth-order valence-electron chi connectivity index (χ4n) is 1.61. The Bertz CT molecular complexity index is 541. The van der Waals surface area contributed by atoms with Gasteiger partial charge in [0, 0.05) is 26.4 Å². The third-order valence-electron chi connectivity index (χ3n) is 2.73. The second-order valence-electron chi connectivity index (χ2n) is 4.48. The summed E-state index contributed by atoms with van der Waals surface area (Å²) in [6, 6.07) is 0.783. The van der Waals surface area contributed by atoms with Gasteiger partial charge in [-0.3, -0.25) is 4.99 Å². The monoisotopic (exact) mass is 368 g/mol. The number of halogens is 4. The number of pyridine rings is 1. The summed E-state index contributed by atoms with van der Waals surface area (Å²) in [5.74, 6) is 0.510. The van der Waals surface area contributed by atoms with Crippen molar-refractivity contribution in [2.45, 2.75) is 13.1 Å². The molecule has 1 rings (SSSR count). The molecule has 0 fully saturated rings. The smallest absolute Gasteiger partial charge is 0.417 e. The fourth-order valence-corrected chi connectivity index (χ4v) is 1.83. The van der Waals surface area contributed by atoms with Gasteiger partial charge in [-0.25, -0.2) is 4.98 Å². The van der Waals surface area contributed by atoms with Crippen molar-refractivity contribution in [3.63, 3.8) is 0 Å². The standard InChI is InChI=1S/C14H20ClF3N4O2/c1-3-23-6-4-20-13(19-2)21-5-7-24-12-11(15)8-10(9-22-12)14(16,17)18/h8-9H,3-7H2,1-2H3,(H2,19,20,21). The summed E-state index contributed by atoms with van der Waals surface area (Å²) >= 11 is 5.74. The van der Waals surface area contributed by atoms with E-state index in [1.807, 2.05) is 6.92 Å². The number of aromatic nitrogens is 1. The number of nitrogens with one attached hydrogen (secondary N) is 2. The Morgan fingerprint density at radius 3 is 2.50 bits per heavy atom. The molecule has 0 aliphatic carbocycles. The van der Waals surface area contributed by atoms with Gasteiger partial charge >= 0.3 is 6.18 Å². The summed E-state index contributed by atoms with van der Waals surface area (Å²) in [6.07, 6.45) is -3.81. The van der Waals surface area contributed by atoms with E-state index in [1.54, 1.807) is 7.05 Å². The van der Waals surface area contributed by atoms with Crippen LogP contribution in [0.5, 0.6) is 5.88 Å². The van der Waals surface area contributed by atoms with Crippen LogP contribution in [-0.2, 0) is 10.9 Å². The second kappa shape index (κ2) is 10.2. The Morgan fingerprint density at radius 2 is 1.96 bits per heavy atom. The molecule has 0 saturated heterocycles. The summed E-state index contributed by atoms with van der Waals surface area (Å²) in [4.78, 5) is 7.59. The Morgan fingerprint density at radius 1 is 1.29 bits per heavy atom. The molecule has 6 nitrogen and oxygen atoms in total. The Kier molecular flexibility index (Phi) is 8.62. The lowest BCUT2D eigenvalue weighted by atomic mass is 10.3. The molecular weight excluding hydrogens is 349 g/mol. The van der Waals surface area contributed by atoms with Crippen molar-refractivity contribution >= 4 is 17.6 Å². The molecule has 1 aromatic heterocycles. The minimum Gasteiger partial charge on any atom is -0.475 e. The highest BCUT2D eigenvalue weighted by Crippen LogP contribution is 2.32. The van der Waals surface area contributed by atoms with Crippen molar-refractivity contribution in [2.75, 3.05) is 40.0 Å². The van der Waals surface area contributed by atoms with E-state index in [9.17, 15) is 13.2 Å². The van der Waals surface area contributed by atoms with Crippen molar-refractivity contribution in [3.8, 4) is 5.88 Å². The number of ether oxygens (including phenoxy) is 2. The van der Waals surface area contributed by atoms with E-state index in [2.05, 4.69) is 20.6 Å². The van der Waals surface area contributed by atoms with Gasteiger partial charge in [-0.05, 0) is 13.0 Å². The highest BCUT2D eigenvalue weighted by atomic mass is 35.5. The molecule has 0 aliphatic heterocycles. The van der Waals surface area contributed by atoms with Crippen LogP contribution in [0.3, 0.4) is 0 Å². The highest BCUT2D eigenvalue weighted by Gasteiger charge is 2.31. The van der Waals surface area contributed by atoms with Gasteiger partial charge in [0.2, 0.25) is 5.88 Å². The number of rotatable bonds is 8. The second-order valence-corrected chi connectivity index (χ2v) is 4.89. The summed E-state index contributed by atoms with van der Waals surface area (Å²) < 4.78 is 48.0. The van der Waals surface area contributed by atoms with Gasteiger partial charge in [0.05, 0.1) is 18.7 Å². The quantitative estimate of drug-likeness (QED) is 0.419.